The van der Waals surface area contributed by atoms with Crippen LogP contribution < -0.4 is 10.6 Å². The van der Waals surface area contributed by atoms with Crippen LogP contribution in [0.1, 0.15) is 29.2 Å². The average molecular weight is 260 g/mol. The van der Waals surface area contributed by atoms with E-state index in [9.17, 15) is 4.79 Å². The van der Waals surface area contributed by atoms with Crippen LogP contribution in [0, 0.1) is 6.92 Å². The molecule has 7 nitrogen and oxygen atoms in total. The first kappa shape index (κ1) is 12.0. The Labute approximate surface area is 110 Å². The lowest BCUT2D eigenvalue weighted by atomic mass is 10.1. The highest BCUT2D eigenvalue weighted by Gasteiger charge is 2.19. The molecule has 0 aliphatic carbocycles. The summed E-state index contributed by atoms with van der Waals surface area (Å²) in [7, 11) is 0. The monoisotopic (exact) mass is 260 g/mol. The van der Waals surface area contributed by atoms with Crippen molar-refractivity contribution in [2.75, 3.05) is 13.1 Å². The molecule has 1 aliphatic rings. The molecule has 1 atom stereocenters. The second-order valence-electron chi connectivity index (χ2n) is 4.75. The maximum Gasteiger partial charge on any atom is 0.291 e. The predicted molar refractivity (Wildman–Crippen MR) is 68.9 cm³/mol. The predicted octanol–water partition coefficient (Wildman–Crippen LogP) is -0.0855. The minimum absolute atomic E-state index is 0.155. The summed E-state index contributed by atoms with van der Waals surface area (Å²) in [6, 6.07) is 1.98. The van der Waals surface area contributed by atoms with Gasteiger partial charge in [-0.2, -0.15) is 4.98 Å². The Morgan fingerprint density at radius 1 is 1.58 bits per heavy atom. The number of fused-ring (bicyclic) bond motifs is 1. The molecule has 2 aromatic heterocycles. The van der Waals surface area contributed by atoms with Crippen molar-refractivity contribution in [3.8, 4) is 0 Å². The van der Waals surface area contributed by atoms with E-state index in [-0.39, 0.29) is 17.8 Å². The quantitative estimate of drug-likeness (QED) is 0.788. The lowest BCUT2D eigenvalue weighted by Gasteiger charge is -2.23. The maximum atomic E-state index is 12.1. The fraction of sp³-hybridized carbons (Fsp3) is 0.500. The maximum absolute atomic E-state index is 12.1. The van der Waals surface area contributed by atoms with Crippen LogP contribution in [0.3, 0.4) is 0 Å². The summed E-state index contributed by atoms with van der Waals surface area (Å²) >= 11 is 0. The molecule has 0 bridgehead atoms. The number of amides is 1. The highest BCUT2D eigenvalue weighted by Crippen LogP contribution is 2.04. The second kappa shape index (κ2) is 4.93. The first-order valence-electron chi connectivity index (χ1n) is 6.44. The van der Waals surface area contributed by atoms with E-state index in [1.54, 1.807) is 10.7 Å². The number of carbonyl (C=O) groups excluding carboxylic acids is 1. The zero-order valence-electron chi connectivity index (χ0n) is 10.8. The summed E-state index contributed by atoms with van der Waals surface area (Å²) in [4.78, 5) is 20.3. The average Bonchev–Trinajstić information content (AvgIpc) is 2.85. The van der Waals surface area contributed by atoms with Gasteiger partial charge in [-0.25, -0.2) is 9.50 Å². The number of nitrogens with one attached hydrogen (secondary N) is 2. The van der Waals surface area contributed by atoms with Crippen LogP contribution in [-0.2, 0) is 0 Å². The molecule has 0 unspecified atom stereocenters. The van der Waals surface area contributed by atoms with Gasteiger partial charge in [-0.05, 0) is 32.4 Å². The Morgan fingerprint density at radius 3 is 3.21 bits per heavy atom. The van der Waals surface area contributed by atoms with E-state index in [0.717, 1.165) is 31.6 Å². The van der Waals surface area contributed by atoms with E-state index in [1.807, 2.05) is 13.0 Å². The first-order valence-corrected chi connectivity index (χ1v) is 6.44. The molecule has 1 fully saturated rings. The lowest BCUT2D eigenvalue weighted by molar-refractivity contribution is 0.0920. The summed E-state index contributed by atoms with van der Waals surface area (Å²) in [6.45, 7) is 3.72. The fourth-order valence-corrected chi connectivity index (χ4v) is 2.23. The minimum Gasteiger partial charge on any atom is -0.345 e. The van der Waals surface area contributed by atoms with Crippen LogP contribution in [0.5, 0.6) is 0 Å². The zero-order chi connectivity index (χ0) is 13.2. The molecule has 3 heterocycles. The van der Waals surface area contributed by atoms with Gasteiger partial charge in [0.2, 0.25) is 5.82 Å². The van der Waals surface area contributed by atoms with Crippen LogP contribution in [-0.4, -0.2) is 44.6 Å². The molecular weight excluding hydrogens is 244 g/mol. The van der Waals surface area contributed by atoms with E-state index in [2.05, 4.69) is 25.7 Å². The summed E-state index contributed by atoms with van der Waals surface area (Å²) in [5.74, 6) is 0.387. The molecule has 1 amide bonds. The van der Waals surface area contributed by atoms with Crippen molar-refractivity contribution in [1.82, 2.24) is 30.2 Å². The molecule has 1 saturated heterocycles. The van der Waals surface area contributed by atoms with Gasteiger partial charge in [0.1, 0.15) is 0 Å². The number of hydrogen-bond donors (Lipinski definition) is 2. The van der Waals surface area contributed by atoms with Crippen molar-refractivity contribution in [2.45, 2.75) is 25.8 Å². The number of hydrogen-bond acceptors (Lipinski definition) is 5. The lowest BCUT2D eigenvalue weighted by Crippen LogP contribution is -2.45. The molecule has 0 spiro atoms. The molecule has 7 heteroatoms. The third kappa shape index (κ3) is 2.41. The van der Waals surface area contributed by atoms with Crippen LogP contribution in [0.4, 0.5) is 0 Å². The third-order valence-corrected chi connectivity index (χ3v) is 3.27. The van der Waals surface area contributed by atoms with E-state index in [4.69, 9.17) is 0 Å². The fourth-order valence-electron chi connectivity index (χ4n) is 2.23. The summed E-state index contributed by atoms with van der Waals surface area (Å²) in [5, 5.41) is 10.4. The highest BCUT2D eigenvalue weighted by molar-refractivity contribution is 5.91. The molecule has 3 rings (SSSR count). The van der Waals surface area contributed by atoms with Gasteiger partial charge in [0.05, 0.1) is 0 Å². The smallest absolute Gasteiger partial charge is 0.291 e. The third-order valence-electron chi connectivity index (χ3n) is 3.27. The Hall–Kier alpha value is -2.02. The van der Waals surface area contributed by atoms with Crippen molar-refractivity contribution >= 4 is 11.7 Å². The van der Waals surface area contributed by atoms with Crippen molar-refractivity contribution in [1.29, 1.82) is 0 Å². The molecule has 0 aromatic carbocycles. The molecule has 19 heavy (non-hydrogen) atoms. The molecule has 0 saturated carbocycles. The summed E-state index contributed by atoms with van der Waals surface area (Å²) < 4.78 is 1.58. The Morgan fingerprint density at radius 2 is 2.47 bits per heavy atom. The summed E-state index contributed by atoms with van der Waals surface area (Å²) in [6.07, 6.45) is 3.72. The minimum atomic E-state index is -0.237. The molecular formula is C12H16N6O. The number of rotatable bonds is 2. The van der Waals surface area contributed by atoms with E-state index < -0.39 is 0 Å². The molecule has 100 valence electrons. The molecule has 1 aliphatic heterocycles. The van der Waals surface area contributed by atoms with Crippen molar-refractivity contribution in [2.24, 2.45) is 0 Å². The SMILES string of the molecule is Cc1ccnc2nc(C(=O)N[C@H]3CCCNC3)nn12. The van der Waals surface area contributed by atoms with Gasteiger partial charge in [0, 0.05) is 24.5 Å². The van der Waals surface area contributed by atoms with Gasteiger partial charge >= 0.3 is 0 Å². The Bertz CT molecular complexity index is 601. The Kier molecular flexibility index (Phi) is 3.12. The van der Waals surface area contributed by atoms with Gasteiger partial charge in [-0.1, -0.05) is 0 Å². The van der Waals surface area contributed by atoms with Gasteiger partial charge in [0.25, 0.3) is 11.7 Å². The first-order chi connectivity index (χ1) is 9.24. The molecule has 2 aromatic rings. The van der Waals surface area contributed by atoms with Crippen molar-refractivity contribution in [3.63, 3.8) is 0 Å². The highest BCUT2D eigenvalue weighted by atomic mass is 16.2. The zero-order valence-corrected chi connectivity index (χ0v) is 10.8. The number of piperidine rings is 1. The second-order valence-corrected chi connectivity index (χ2v) is 4.75. The van der Waals surface area contributed by atoms with Crippen LogP contribution in [0.15, 0.2) is 12.3 Å². The number of aromatic nitrogens is 4. The van der Waals surface area contributed by atoms with E-state index in [0.29, 0.717) is 5.78 Å². The molecule has 2 N–H and O–H groups in total. The molecule has 0 radical (unpaired) electrons. The Balaban J connectivity index is 1.79. The van der Waals surface area contributed by atoms with Crippen molar-refractivity contribution < 1.29 is 4.79 Å². The van der Waals surface area contributed by atoms with Gasteiger partial charge in [0.15, 0.2) is 0 Å². The number of aryl methyl sites for hydroxylation is 1. The van der Waals surface area contributed by atoms with Gasteiger partial charge in [-0.3, -0.25) is 4.79 Å². The van der Waals surface area contributed by atoms with E-state index in [1.165, 1.54) is 0 Å². The van der Waals surface area contributed by atoms with E-state index >= 15 is 0 Å². The normalized spacial score (nSPS) is 19.5. The van der Waals surface area contributed by atoms with Crippen molar-refractivity contribution in [3.05, 3.63) is 23.8 Å². The van der Waals surface area contributed by atoms with Crippen LogP contribution in [0.2, 0.25) is 0 Å². The van der Waals surface area contributed by atoms with Gasteiger partial charge in [-0.15, -0.1) is 5.10 Å². The number of carbonyl (C=O) groups is 1. The topological polar surface area (TPSA) is 84.2 Å². The van der Waals surface area contributed by atoms with Crippen LogP contribution in [0.25, 0.3) is 5.78 Å². The van der Waals surface area contributed by atoms with Gasteiger partial charge < -0.3 is 10.6 Å². The number of nitrogens with zero attached hydrogens (tertiary/aromatic N) is 4. The summed E-state index contributed by atoms with van der Waals surface area (Å²) in [5.41, 5.74) is 0.899. The largest absolute Gasteiger partial charge is 0.345 e. The van der Waals surface area contributed by atoms with Crippen LogP contribution >= 0.6 is 0 Å². The standard InChI is InChI=1S/C12H16N6O/c1-8-4-6-14-12-16-10(17-18(8)12)11(19)15-9-3-2-5-13-7-9/h4,6,9,13H,2-3,5,7H2,1H3,(H,15,19)/t9-/m0/s1.